The molecule has 0 aliphatic rings. The van der Waals surface area contributed by atoms with E-state index in [0.717, 1.165) is 27.6 Å². The van der Waals surface area contributed by atoms with Crippen LogP contribution in [-0.2, 0) is 6.54 Å². The minimum Gasteiger partial charge on any atom is -0.380 e. The number of para-hydroxylation sites is 1. The topological polar surface area (TPSA) is 24.9 Å². The Labute approximate surface area is 118 Å². The molecule has 18 heavy (non-hydrogen) atoms. The van der Waals surface area contributed by atoms with E-state index in [2.05, 4.69) is 43.7 Å². The Morgan fingerprint density at radius 2 is 2.11 bits per heavy atom. The third-order valence-electron chi connectivity index (χ3n) is 2.72. The van der Waals surface area contributed by atoms with E-state index >= 15 is 0 Å². The summed E-state index contributed by atoms with van der Waals surface area (Å²) in [4.78, 5) is 5.66. The van der Waals surface area contributed by atoms with Gasteiger partial charge >= 0.3 is 0 Å². The van der Waals surface area contributed by atoms with Gasteiger partial charge in [-0.2, -0.15) is 0 Å². The lowest BCUT2D eigenvalue weighted by Gasteiger charge is -2.07. The van der Waals surface area contributed by atoms with Crippen molar-refractivity contribution in [2.24, 2.45) is 0 Å². The Morgan fingerprint density at radius 1 is 1.22 bits per heavy atom. The first-order valence-electron chi connectivity index (χ1n) is 5.63. The highest BCUT2D eigenvalue weighted by molar-refractivity contribution is 9.10. The molecule has 90 valence electrons. The van der Waals surface area contributed by atoms with Crippen LogP contribution in [0.2, 0.25) is 0 Å². The Morgan fingerprint density at radius 3 is 2.94 bits per heavy atom. The fourth-order valence-corrected chi connectivity index (χ4v) is 3.27. The minimum absolute atomic E-state index is 0.838. The molecule has 2 aromatic heterocycles. The summed E-state index contributed by atoms with van der Waals surface area (Å²) in [6.45, 7) is 0.838. The van der Waals surface area contributed by atoms with E-state index in [0.29, 0.717) is 0 Å². The standard InChI is InChI=1S/C14H11BrN2S/c15-10-7-11(18-9-10)8-17-14-5-6-16-13-4-2-1-3-12(13)14/h1-7,9H,8H2,(H,16,17). The number of nitrogens with zero attached hydrogens (tertiary/aromatic N) is 1. The van der Waals surface area contributed by atoms with Crippen LogP contribution < -0.4 is 5.32 Å². The highest BCUT2D eigenvalue weighted by atomic mass is 79.9. The van der Waals surface area contributed by atoms with Crippen LogP contribution in [-0.4, -0.2) is 4.98 Å². The molecule has 4 heteroatoms. The van der Waals surface area contributed by atoms with E-state index in [4.69, 9.17) is 0 Å². The predicted octanol–water partition coefficient (Wildman–Crippen LogP) is 4.67. The molecule has 0 aliphatic carbocycles. The maximum atomic E-state index is 4.36. The molecule has 0 fully saturated rings. The summed E-state index contributed by atoms with van der Waals surface area (Å²) < 4.78 is 1.14. The summed E-state index contributed by atoms with van der Waals surface area (Å²) in [5.41, 5.74) is 2.15. The van der Waals surface area contributed by atoms with Crippen molar-refractivity contribution in [3.8, 4) is 0 Å². The minimum atomic E-state index is 0.838. The highest BCUT2D eigenvalue weighted by Gasteiger charge is 2.02. The van der Waals surface area contributed by atoms with Crippen molar-refractivity contribution >= 4 is 43.9 Å². The number of fused-ring (bicyclic) bond motifs is 1. The van der Waals surface area contributed by atoms with E-state index in [-0.39, 0.29) is 0 Å². The summed E-state index contributed by atoms with van der Waals surface area (Å²) in [5, 5.41) is 6.73. The van der Waals surface area contributed by atoms with Gasteiger partial charge in [-0.15, -0.1) is 11.3 Å². The molecule has 0 amide bonds. The van der Waals surface area contributed by atoms with Crippen molar-refractivity contribution in [3.05, 3.63) is 57.3 Å². The van der Waals surface area contributed by atoms with E-state index in [1.165, 1.54) is 4.88 Å². The van der Waals surface area contributed by atoms with Gasteiger partial charge in [0.05, 0.1) is 5.52 Å². The van der Waals surface area contributed by atoms with Crippen molar-refractivity contribution < 1.29 is 0 Å². The Kier molecular flexibility index (Phi) is 3.30. The fourth-order valence-electron chi connectivity index (χ4n) is 1.88. The molecular formula is C14H11BrN2S. The van der Waals surface area contributed by atoms with Crippen molar-refractivity contribution in [1.82, 2.24) is 4.98 Å². The Bertz CT molecular complexity index is 673. The van der Waals surface area contributed by atoms with Crippen molar-refractivity contribution in [3.63, 3.8) is 0 Å². The van der Waals surface area contributed by atoms with Gasteiger partial charge in [-0.3, -0.25) is 4.98 Å². The molecule has 3 rings (SSSR count). The highest BCUT2D eigenvalue weighted by Crippen LogP contribution is 2.24. The van der Waals surface area contributed by atoms with Gasteiger partial charge in [0.25, 0.3) is 0 Å². The molecule has 1 aromatic carbocycles. The summed E-state index contributed by atoms with van der Waals surface area (Å²) >= 11 is 5.22. The number of nitrogens with one attached hydrogen (secondary N) is 1. The van der Waals surface area contributed by atoms with Crippen molar-refractivity contribution in [2.45, 2.75) is 6.54 Å². The van der Waals surface area contributed by atoms with Gasteiger partial charge in [-0.25, -0.2) is 0 Å². The number of benzene rings is 1. The average molecular weight is 319 g/mol. The molecule has 0 unspecified atom stereocenters. The number of anilines is 1. The zero-order chi connectivity index (χ0) is 12.4. The van der Waals surface area contributed by atoms with Crippen molar-refractivity contribution in [1.29, 1.82) is 0 Å². The first-order valence-corrected chi connectivity index (χ1v) is 7.31. The first kappa shape index (κ1) is 11.7. The zero-order valence-corrected chi connectivity index (χ0v) is 12.0. The van der Waals surface area contributed by atoms with Gasteiger partial charge in [0.2, 0.25) is 0 Å². The lowest BCUT2D eigenvalue weighted by Crippen LogP contribution is -1.98. The third kappa shape index (κ3) is 2.40. The largest absolute Gasteiger partial charge is 0.380 e. The quantitative estimate of drug-likeness (QED) is 0.759. The lowest BCUT2D eigenvalue weighted by atomic mass is 10.2. The van der Waals surface area contributed by atoms with Gasteiger partial charge in [0.1, 0.15) is 0 Å². The van der Waals surface area contributed by atoms with Crippen LogP contribution >= 0.6 is 27.3 Å². The second-order valence-corrected chi connectivity index (χ2v) is 5.87. The maximum Gasteiger partial charge on any atom is 0.0722 e. The molecule has 0 bridgehead atoms. The van der Waals surface area contributed by atoms with Crippen LogP contribution in [0.1, 0.15) is 4.88 Å². The van der Waals surface area contributed by atoms with Crippen LogP contribution in [0.15, 0.2) is 52.4 Å². The van der Waals surface area contributed by atoms with E-state index in [1.807, 2.05) is 30.5 Å². The summed E-state index contributed by atoms with van der Waals surface area (Å²) in [5.74, 6) is 0. The Balaban J connectivity index is 1.86. The van der Waals surface area contributed by atoms with Gasteiger partial charge in [0.15, 0.2) is 0 Å². The van der Waals surface area contributed by atoms with Crippen LogP contribution in [0, 0.1) is 0 Å². The van der Waals surface area contributed by atoms with Gasteiger partial charge in [0, 0.05) is 38.5 Å². The SMILES string of the molecule is Brc1csc(CNc2ccnc3ccccc23)c1. The molecule has 1 N–H and O–H groups in total. The van der Waals surface area contributed by atoms with Gasteiger partial charge in [-0.1, -0.05) is 18.2 Å². The number of rotatable bonds is 3. The number of thiophene rings is 1. The normalized spacial score (nSPS) is 10.7. The molecular weight excluding hydrogens is 308 g/mol. The molecule has 0 saturated heterocycles. The predicted molar refractivity (Wildman–Crippen MR) is 81.1 cm³/mol. The Hall–Kier alpha value is -1.39. The monoisotopic (exact) mass is 318 g/mol. The average Bonchev–Trinajstić information content (AvgIpc) is 2.82. The van der Waals surface area contributed by atoms with E-state index in [9.17, 15) is 0 Å². The number of hydrogen-bond donors (Lipinski definition) is 1. The molecule has 0 aliphatic heterocycles. The van der Waals surface area contributed by atoms with Gasteiger partial charge in [-0.05, 0) is 34.1 Å². The molecule has 0 saturated carbocycles. The molecule has 3 aromatic rings. The molecule has 0 spiro atoms. The zero-order valence-electron chi connectivity index (χ0n) is 9.56. The van der Waals surface area contributed by atoms with Crippen LogP contribution in [0.5, 0.6) is 0 Å². The first-order chi connectivity index (χ1) is 8.83. The van der Waals surface area contributed by atoms with Crippen LogP contribution in [0.3, 0.4) is 0 Å². The number of aromatic nitrogens is 1. The summed E-state index contributed by atoms with van der Waals surface area (Å²) in [7, 11) is 0. The van der Waals surface area contributed by atoms with Crippen LogP contribution in [0.25, 0.3) is 10.9 Å². The molecule has 2 heterocycles. The van der Waals surface area contributed by atoms with Crippen LogP contribution in [0.4, 0.5) is 5.69 Å². The smallest absolute Gasteiger partial charge is 0.0722 e. The summed E-state index contributed by atoms with van der Waals surface area (Å²) in [6.07, 6.45) is 1.84. The number of hydrogen-bond acceptors (Lipinski definition) is 3. The van der Waals surface area contributed by atoms with E-state index in [1.54, 1.807) is 11.3 Å². The maximum absolute atomic E-state index is 4.36. The van der Waals surface area contributed by atoms with Crippen molar-refractivity contribution in [2.75, 3.05) is 5.32 Å². The fraction of sp³-hybridized carbons (Fsp3) is 0.0714. The molecule has 0 atom stereocenters. The molecule has 2 nitrogen and oxygen atoms in total. The lowest BCUT2D eigenvalue weighted by molar-refractivity contribution is 1.19. The van der Waals surface area contributed by atoms with Gasteiger partial charge < -0.3 is 5.32 Å². The van der Waals surface area contributed by atoms with E-state index < -0.39 is 0 Å². The second kappa shape index (κ2) is 5.08. The number of pyridine rings is 1. The number of halogens is 1. The molecule has 0 radical (unpaired) electrons. The second-order valence-electron chi connectivity index (χ2n) is 3.96. The third-order valence-corrected chi connectivity index (χ3v) is 4.42. The summed E-state index contributed by atoms with van der Waals surface area (Å²) in [6, 6.07) is 12.3.